The topological polar surface area (TPSA) is 118 Å². The molecular weight excluding hydrogens is 400 g/mol. The zero-order valence-corrected chi connectivity index (χ0v) is 17.7. The molecular formula is C22H26N4O5. The van der Waals surface area contributed by atoms with Crippen molar-refractivity contribution in [1.82, 2.24) is 10.7 Å². The molecule has 0 aromatic heterocycles. The summed E-state index contributed by atoms with van der Waals surface area (Å²) in [6.07, 6.45) is 1.39. The highest BCUT2D eigenvalue weighted by molar-refractivity contribution is 6.39. The van der Waals surface area contributed by atoms with Crippen LogP contribution in [0.3, 0.4) is 0 Å². The van der Waals surface area contributed by atoms with E-state index in [0.29, 0.717) is 35.2 Å². The van der Waals surface area contributed by atoms with Gasteiger partial charge in [0.15, 0.2) is 6.61 Å². The van der Waals surface area contributed by atoms with Crippen LogP contribution in [0.4, 0.5) is 5.69 Å². The fourth-order valence-corrected chi connectivity index (χ4v) is 2.25. The minimum Gasteiger partial charge on any atom is -0.497 e. The predicted molar refractivity (Wildman–Crippen MR) is 117 cm³/mol. The number of hydrogen-bond acceptors (Lipinski definition) is 6. The predicted octanol–water partition coefficient (Wildman–Crippen LogP) is 1.93. The lowest BCUT2D eigenvalue weighted by Gasteiger charge is -2.09. The van der Waals surface area contributed by atoms with Gasteiger partial charge in [-0.2, -0.15) is 5.10 Å². The molecule has 0 aliphatic heterocycles. The van der Waals surface area contributed by atoms with Gasteiger partial charge < -0.3 is 20.1 Å². The van der Waals surface area contributed by atoms with E-state index in [9.17, 15) is 14.4 Å². The van der Waals surface area contributed by atoms with Crippen molar-refractivity contribution in [3.8, 4) is 11.5 Å². The minimum absolute atomic E-state index is 0.0699. The molecule has 0 bridgehead atoms. The third kappa shape index (κ3) is 8.57. The number of nitrogens with zero attached hydrogens (tertiary/aromatic N) is 1. The van der Waals surface area contributed by atoms with Gasteiger partial charge in [-0.15, -0.1) is 0 Å². The fourth-order valence-electron chi connectivity index (χ4n) is 2.25. The van der Waals surface area contributed by atoms with Crippen LogP contribution in [0.5, 0.6) is 11.5 Å². The monoisotopic (exact) mass is 426 g/mol. The normalized spacial score (nSPS) is 10.6. The van der Waals surface area contributed by atoms with Crippen LogP contribution in [-0.4, -0.2) is 44.2 Å². The summed E-state index contributed by atoms with van der Waals surface area (Å²) in [6, 6.07) is 13.3. The summed E-state index contributed by atoms with van der Waals surface area (Å²) in [5, 5.41) is 8.99. The smallest absolute Gasteiger partial charge is 0.329 e. The highest BCUT2D eigenvalue weighted by Gasteiger charge is 2.12. The van der Waals surface area contributed by atoms with Gasteiger partial charge in [-0.25, -0.2) is 5.43 Å². The molecule has 2 aromatic rings. The average Bonchev–Trinajstić information content (AvgIpc) is 2.77. The van der Waals surface area contributed by atoms with Crippen LogP contribution in [0.25, 0.3) is 0 Å². The molecule has 0 heterocycles. The number of anilines is 1. The van der Waals surface area contributed by atoms with Gasteiger partial charge in [0, 0.05) is 12.2 Å². The SMILES string of the molecule is COc1ccc(NC(=O)C(=O)N/N=C\c2ccc(OCC(=O)NCC(C)C)cc2)cc1. The van der Waals surface area contributed by atoms with Crippen LogP contribution in [-0.2, 0) is 14.4 Å². The van der Waals surface area contributed by atoms with Gasteiger partial charge in [0.2, 0.25) is 0 Å². The first kappa shape index (κ1) is 23.4. The van der Waals surface area contributed by atoms with Crippen molar-refractivity contribution in [2.75, 3.05) is 25.6 Å². The fraction of sp³-hybridized carbons (Fsp3) is 0.273. The zero-order chi connectivity index (χ0) is 22.6. The Labute approximate surface area is 180 Å². The molecule has 3 amide bonds. The number of benzene rings is 2. The maximum absolute atomic E-state index is 11.9. The van der Waals surface area contributed by atoms with E-state index in [0.717, 1.165) is 0 Å². The van der Waals surface area contributed by atoms with E-state index in [1.165, 1.54) is 13.3 Å². The average molecular weight is 426 g/mol. The summed E-state index contributed by atoms with van der Waals surface area (Å²) in [4.78, 5) is 35.4. The largest absolute Gasteiger partial charge is 0.497 e. The molecule has 0 unspecified atom stereocenters. The number of amides is 3. The lowest BCUT2D eigenvalue weighted by Crippen LogP contribution is -2.32. The first-order chi connectivity index (χ1) is 14.9. The second-order valence-electron chi connectivity index (χ2n) is 6.94. The Morgan fingerprint density at radius 3 is 2.23 bits per heavy atom. The maximum atomic E-state index is 11.9. The molecule has 0 saturated heterocycles. The second-order valence-corrected chi connectivity index (χ2v) is 6.94. The standard InChI is InChI=1S/C22H26N4O5/c1-15(2)12-23-20(27)14-31-19-8-4-16(5-9-19)13-24-26-22(29)21(28)25-17-6-10-18(30-3)11-7-17/h4-11,13,15H,12,14H2,1-3H3,(H,23,27)(H,25,28)(H,26,29)/b24-13-. The van der Waals surface area contributed by atoms with Crippen LogP contribution in [0.1, 0.15) is 19.4 Å². The summed E-state index contributed by atoms with van der Waals surface area (Å²) >= 11 is 0. The van der Waals surface area contributed by atoms with Gasteiger partial charge in [0.25, 0.3) is 5.91 Å². The van der Waals surface area contributed by atoms with Crippen LogP contribution >= 0.6 is 0 Å². The molecule has 0 fully saturated rings. The zero-order valence-electron chi connectivity index (χ0n) is 17.7. The summed E-state index contributed by atoms with van der Waals surface area (Å²) in [7, 11) is 1.53. The van der Waals surface area contributed by atoms with Crippen molar-refractivity contribution in [1.29, 1.82) is 0 Å². The van der Waals surface area contributed by atoms with Crippen LogP contribution in [0.2, 0.25) is 0 Å². The number of methoxy groups -OCH3 is 1. The number of carbonyl (C=O) groups excluding carboxylic acids is 3. The molecule has 164 valence electrons. The van der Waals surface area contributed by atoms with Crippen molar-refractivity contribution in [3.05, 3.63) is 54.1 Å². The van der Waals surface area contributed by atoms with Gasteiger partial charge in [0.1, 0.15) is 11.5 Å². The highest BCUT2D eigenvalue weighted by Crippen LogP contribution is 2.14. The summed E-state index contributed by atoms with van der Waals surface area (Å²) in [6.45, 7) is 4.55. The van der Waals surface area contributed by atoms with Crippen molar-refractivity contribution in [2.24, 2.45) is 11.0 Å². The Bertz CT molecular complexity index is 909. The van der Waals surface area contributed by atoms with E-state index in [-0.39, 0.29) is 12.5 Å². The molecule has 2 rings (SSSR count). The van der Waals surface area contributed by atoms with E-state index in [2.05, 4.69) is 21.2 Å². The Morgan fingerprint density at radius 2 is 1.61 bits per heavy atom. The number of nitrogens with one attached hydrogen (secondary N) is 3. The number of hydrazone groups is 1. The third-order valence-electron chi connectivity index (χ3n) is 3.89. The molecule has 0 saturated carbocycles. The Hall–Kier alpha value is -3.88. The summed E-state index contributed by atoms with van der Waals surface area (Å²) in [5.74, 6) is -0.398. The molecule has 0 radical (unpaired) electrons. The van der Waals surface area contributed by atoms with Gasteiger partial charge in [-0.05, 0) is 60.0 Å². The molecule has 9 heteroatoms. The number of ether oxygens (including phenoxy) is 2. The maximum Gasteiger partial charge on any atom is 0.329 e. The molecule has 0 aliphatic rings. The Morgan fingerprint density at radius 1 is 0.968 bits per heavy atom. The van der Waals surface area contributed by atoms with Gasteiger partial charge >= 0.3 is 11.8 Å². The van der Waals surface area contributed by atoms with Crippen molar-refractivity contribution >= 4 is 29.6 Å². The molecule has 9 nitrogen and oxygen atoms in total. The summed E-state index contributed by atoms with van der Waals surface area (Å²) < 4.78 is 10.4. The van der Waals surface area contributed by atoms with Gasteiger partial charge in [-0.3, -0.25) is 14.4 Å². The molecule has 3 N–H and O–H groups in total. The number of rotatable bonds is 9. The lowest BCUT2D eigenvalue weighted by atomic mass is 10.2. The van der Waals surface area contributed by atoms with Crippen molar-refractivity contribution in [2.45, 2.75) is 13.8 Å². The third-order valence-corrected chi connectivity index (χ3v) is 3.89. The van der Waals surface area contributed by atoms with Crippen molar-refractivity contribution < 1.29 is 23.9 Å². The van der Waals surface area contributed by atoms with Crippen LogP contribution in [0.15, 0.2) is 53.6 Å². The number of hydrogen-bond donors (Lipinski definition) is 3. The van der Waals surface area contributed by atoms with E-state index in [4.69, 9.17) is 9.47 Å². The first-order valence-corrected chi connectivity index (χ1v) is 9.65. The molecule has 0 aliphatic carbocycles. The summed E-state index contributed by atoms with van der Waals surface area (Å²) in [5.41, 5.74) is 3.29. The lowest BCUT2D eigenvalue weighted by molar-refractivity contribution is -0.136. The molecule has 2 aromatic carbocycles. The Kier molecular flexibility index (Phi) is 9.03. The van der Waals surface area contributed by atoms with E-state index in [1.807, 2.05) is 13.8 Å². The molecule has 0 atom stereocenters. The van der Waals surface area contributed by atoms with E-state index >= 15 is 0 Å². The second kappa shape index (κ2) is 12.0. The molecule has 31 heavy (non-hydrogen) atoms. The quantitative estimate of drug-likeness (QED) is 0.322. The Balaban J connectivity index is 1.76. The van der Waals surface area contributed by atoms with Crippen LogP contribution in [0, 0.1) is 5.92 Å². The number of carbonyl (C=O) groups is 3. The minimum atomic E-state index is -0.903. The van der Waals surface area contributed by atoms with E-state index in [1.54, 1.807) is 48.5 Å². The van der Waals surface area contributed by atoms with Gasteiger partial charge in [-0.1, -0.05) is 13.8 Å². The van der Waals surface area contributed by atoms with Crippen LogP contribution < -0.4 is 25.5 Å². The highest BCUT2D eigenvalue weighted by atomic mass is 16.5. The first-order valence-electron chi connectivity index (χ1n) is 9.65. The van der Waals surface area contributed by atoms with E-state index < -0.39 is 11.8 Å². The molecule has 0 spiro atoms. The van der Waals surface area contributed by atoms with Crippen molar-refractivity contribution in [3.63, 3.8) is 0 Å². The van der Waals surface area contributed by atoms with Gasteiger partial charge in [0.05, 0.1) is 13.3 Å².